The number of aliphatic hydroxyl groups is 1. The van der Waals surface area contributed by atoms with Gasteiger partial charge in [0.25, 0.3) is 0 Å². The summed E-state index contributed by atoms with van der Waals surface area (Å²) in [4.78, 5) is 164. The van der Waals surface area contributed by atoms with E-state index in [0.717, 1.165) is 4.90 Å². The van der Waals surface area contributed by atoms with Crippen molar-refractivity contribution in [3.8, 4) is 0 Å². The highest BCUT2D eigenvalue weighted by molar-refractivity contribution is 5.99. The summed E-state index contributed by atoms with van der Waals surface area (Å²) in [7, 11) is 8.89. The average molecular weight is 1260 g/mol. The van der Waals surface area contributed by atoms with Crippen LogP contribution in [0.1, 0.15) is 190 Å². The fraction of sp³-hybridized carbons (Fsp3) is 0.806. The van der Waals surface area contributed by atoms with E-state index in [1.54, 1.807) is 54.7 Å². The first kappa shape index (κ1) is 83.1. The molecule has 512 valence electrons. The molecule has 0 aromatic rings. The zero-order chi connectivity index (χ0) is 69.6. The number of hydrogen-bond donors (Lipinski definition) is 5. The van der Waals surface area contributed by atoms with Gasteiger partial charge in [0.15, 0.2) is 5.78 Å². The van der Waals surface area contributed by atoms with Crippen LogP contribution in [0.5, 0.6) is 0 Å². The lowest BCUT2D eigenvalue weighted by molar-refractivity contribution is -0.156. The summed E-state index contributed by atoms with van der Waals surface area (Å²) in [5, 5.41) is 23.1. The summed E-state index contributed by atoms with van der Waals surface area (Å²) in [6, 6.07) is -11.3. The van der Waals surface area contributed by atoms with E-state index in [2.05, 4.69) is 21.3 Å². The maximum absolute atomic E-state index is 15.1. The second-order valence-electron chi connectivity index (χ2n) is 28.0. The maximum Gasteiger partial charge on any atom is 0.246 e. The molecule has 0 rings (SSSR count). The molecule has 0 aromatic heterocycles. The number of hydrogen-bond acceptors (Lipinski definition) is 12. The highest BCUT2D eigenvalue weighted by Crippen LogP contribution is 2.26. The first-order valence-electron chi connectivity index (χ1n) is 32.6. The SMILES string of the molecule is C/C=C/C[C@@H](C)[C@@H](O)[C@@H](C(=O)N[C@@H](CC)C(=O)N(C)C(CC(C)C)C(=O)N(C)C(CC(C)C)C(=O)N[C@H](C(=O)N(C)[C@@H](CC(C)C)C(=O)N[C@@H](C)C(=O)N[C@H](C)C(C)=O)C(C)C)N(C)C(=O)[C@H](C(C)C)N(C)C(=O)[C@H](CC(C)C)N(C)C(=O)[C@H](C)CC(C)C. The summed E-state index contributed by atoms with van der Waals surface area (Å²) in [5.74, 6) is -8.15. The fourth-order valence-corrected chi connectivity index (χ4v) is 11.1. The van der Waals surface area contributed by atoms with Crippen LogP contribution in [0, 0.1) is 53.3 Å². The van der Waals surface area contributed by atoms with Crippen molar-refractivity contribution in [1.82, 2.24) is 50.7 Å². The van der Waals surface area contributed by atoms with Crippen molar-refractivity contribution < 1.29 is 57.8 Å². The predicted octanol–water partition coefficient (Wildman–Crippen LogP) is 6.07. The molecule has 89 heavy (non-hydrogen) atoms. The lowest BCUT2D eigenvalue weighted by Crippen LogP contribution is -2.63. The van der Waals surface area contributed by atoms with E-state index < -0.39 is 137 Å². The van der Waals surface area contributed by atoms with Gasteiger partial charge in [0, 0.05) is 48.2 Å². The number of likely N-dealkylation sites (N-methyl/N-ethyl adjacent to an activating group) is 6. The van der Waals surface area contributed by atoms with Crippen LogP contribution < -0.4 is 21.3 Å². The van der Waals surface area contributed by atoms with Crippen LogP contribution in [-0.4, -0.2) is 208 Å². The van der Waals surface area contributed by atoms with Gasteiger partial charge in [0.05, 0.1) is 12.1 Å². The molecule has 5 N–H and O–H groups in total. The summed E-state index contributed by atoms with van der Waals surface area (Å²) >= 11 is 0. The second kappa shape index (κ2) is 38.7. The molecule has 10 amide bonds. The van der Waals surface area contributed by atoms with Crippen LogP contribution in [-0.2, 0) is 52.7 Å². The Labute approximate surface area is 535 Å². The standard InChI is InChI=1S/C67H122N10O12/c1-28-30-31-44(17)57(79)56(77(27)67(89)55(43(15)16)76(26)65(87)53(36-41(11)12)74(24)62(84)45(18)32-37(3)4)61(83)70-49(29-2)63(85)75(25)52(35-40(9)10)64(86)72(22)51(34-39(7)8)60(82)71-54(42(13)14)66(88)73(23)50(33-38(5)6)59(81)69-47(20)58(80)68-46(19)48(21)78/h28,30,37-47,49-57,79H,29,31-36H2,1-27H3,(H,68,80)(H,69,81)(H,70,83)(H,71,82)/b30-28+/t44-,45-,46-,47+,49+,50+,51?,52?,53+,54+,55+,56+,57-/m1/s1. The molecule has 2 unspecified atom stereocenters. The summed E-state index contributed by atoms with van der Waals surface area (Å²) in [6.45, 7) is 37.7. The van der Waals surface area contributed by atoms with E-state index in [1.165, 1.54) is 80.5 Å². The van der Waals surface area contributed by atoms with E-state index in [9.17, 15) is 48.3 Å². The van der Waals surface area contributed by atoms with Gasteiger partial charge in [-0.25, -0.2) is 0 Å². The minimum absolute atomic E-state index is 0.00494. The van der Waals surface area contributed by atoms with E-state index in [0.29, 0.717) is 19.3 Å². The molecule has 0 radical (unpaired) electrons. The average Bonchev–Trinajstić information content (AvgIpc) is 1.12. The number of amides is 10. The van der Waals surface area contributed by atoms with Crippen LogP contribution in [0.15, 0.2) is 12.2 Å². The molecule has 0 saturated carbocycles. The third-order valence-electron chi connectivity index (χ3n) is 16.8. The lowest BCUT2D eigenvalue weighted by Gasteiger charge is -2.41. The molecule has 0 heterocycles. The van der Waals surface area contributed by atoms with Gasteiger partial charge in [-0.05, 0) is 120 Å². The van der Waals surface area contributed by atoms with Crippen LogP contribution >= 0.6 is 0 Å². The number of nitrogens with zero attached hydrogens (tertiary/aromatic N) is 6. The summed E-state index contributed by atoms with van der Waals surface area (Å²) in [6.07, 6.45) is 3.97. The number of Topliss-reactive ketones (excluding diaryl/α,β-unsaturated/α-hetero) is 1. The Morgan fingerprint density at radius 1 is 0.404 bits per heavy atom. The van der Waals surface area contributed by atoms with Crippen LogP contribution in [0.4, 0.5) is 0 Å². The molecular weight excluding hydrogens is 1140 g/mol. The summed E-state index contributed by atoms with van der Waals surface area (Å²) in [5.41, 5.74) is 0. The number of carbonyl (C=O) groups excluding carboxylic acids is 11. The molecule has 0 aliphatic rings. The van der Waals surface area contributed by atoms with E-state index in [-0.39, 0.29) is 72.9 Å². The van der Waals surface area contributed by atoms with Crippen LogP contribution in [0.25, 0.3) is 0 Å². The minimum atomic E-state index is -1.58. The van der Waals surface area contributed by atoms with E-state index >= 15 is 9.59 Å². The molecule has 0 spiro atoms. The van der Waals surface area contributed by atoms with Gasteiger partial charge in [-0.3, -0.25) is 52.7 Å². The van der Waals surface area contributed by atoms with Gasteiger partial charge < -0.3 is 55.8 Å². The van der Waals surface area contributed by atoms with Gasteiger partial charge in [-0.15, -0.1) is 0 Å². The van der Waals surface area contributed by atoms with Gasteiger partial charge >= 0.3 is 0 Å². The van der Waals surface area contributed by atoms with E-state index in [1.807, 2.05) is 89.2 Å². The van der Waals surface area contributed by atoms with Gasteiger partial charge in [0.2, 0.25) is 59.1 Å². The summed E-state index contributed by atoms with van der Waals surface area (Å²) < 4.78 is 0. The van der Waals surface area contributed by atoms with Crippen molar-refractivity contribution in [3.05, 3.63) is 12.2 Å². The largest absolute Gasteiger partial charge is 0.390 e. The van der Waals surface area contributed by atoms with Crippen molar-refractivity contribution in [2.75, 3.05) is 42.3 Å². The number of ketones is 1. The smallest absolute Gasteiger partial charge is 0.246 e. The van der Waals surface area contributed by atoms with Crippen LogP contribution in [0.2, 0.25) is 0 Å². The first-order chi connectivity index (χ1) is 40.9. The fourth-order valence-electron chi connectivity index (χ4n) is 11.1. The van der Waals surface area contributed by atoms with Gasteiger partial charge in [0.1, 0.15) is 54.4 Å². The molecule has 22 heteroatoms. The number of aliphatic hydroxyl groups excluding tert-OH is 1. The van der Waals surface area contributed by atoms with Crippen molar-refractivity contribution in [2.45, 2.75) is 257 Å². The Balaban J connectivity index is 7.37. The molecule has 0 bridgehead atoms. The molecular formula is C67H122N10O12. The topological polar surface area (TPSA) is 276 Å². The quantitative estimate of drug-likeness (QED) is 0.0441. The zero-order valence-corrected chi connectivity index (χ0v) is 59.8. The van der Waals surface area contributed by atoms with Crippen molar-refractivity contribution in [3.63, 3.8) is 0 Å². The number of nitrogens with one attached hydrogen (secondary N) is 4. The number of allylic oxidation sites excluding steroid dienone is 2. The second-order valence-corrected chi connectivity index (χ2v) is 28.0. The zero-order valence-electron chi connectivity index (χ0n) is 59.8. The van der Waals surface area contributed by atoms with Gasteiger partial charge in [-0.2, -0.15) is 0 Å². The highest BCUT2D eigenvalue weighted by atomic mass is 16.3. The lowest BCUT2D eigenvalue weighted by atomic mass is 9.91. The maximum atomic E-state index is 15.1. The Morgan fingerprint density at radius 3 is 1.19 bits per heavy atom. The molecule has 0 saturated heterocycles. The Kier molecular flexibility index (Phi) is 36.1. The molecule has 13 atom stereocenters. The first-order valence-corrected chi connectivity index (χ1v) is 32.6. The minimum Gasteiger partial charge on any atom is -0.390 e. The monoisotopic (exact) mass is 1260 g/mol. The Hall–Kier alpha value is -5.93. The van der Waals surface area contributed by atoms with Crippen molar-refractivity contribution in [2.24, 2.45) is 53.3 Å². The third-order valence-corrected chi connectivity index (χ3v) is 16.8. The molecule has 0 aliphatic carbocycles. The Bertz CT molecular complexity index is 2370. The van der Waals surface area contributed by atoms with Crippen molar-refractivity contribution >= 4 is 64.9 Å². The van der Waals surface area contributed by atoms with Crippen LogP contribution in [0.3, 0.4) is 0 Å². The molecule has 22 nitrogen and oxygen atoms in total. The molecule has 0 fully saturated rings. The van der Waals surface area contributed by atoms with E-state index in [4.69, 9.17) is 0 Å². The molecule has 0 aliphatic heterocycles. The predicted molar refractivity (Wildman–Crippen MR) is 350 cm³/mol. The Morgan fingerprint density at radius 2 is 0.787 bits per heavy atom. The van der Waals surface area contributed by atoms with Crippen molar-refractivity contribution in [1.29, 1.82) is 0 Å². The highest BCUT2D eigenvalue weighted by Gasteiger charge is 2.45. The van der Waals surface area contributed by atoms with Gasteiger partial charge in [-0.1, -0.05) is 130 Å². The third kappa shape index (κ3) is 25.3. The number of rotatable bonds is 38. The molecule has 0 aromatic carbocycles. The number of carbonyl (C=O) groups is 11. The normalized spacial score (nSPS) is 16.3.